The molecule has 48 heavy (non-hydrogen) atoms. The van der Waals surface area contributed by atoms with Crippen LogP contribution < -0.4 is 5.32 Å². The Morgan fingerprint density at radius 3 is 1.50 bits per heavy atom. The summed E-state index contributed by atoms with van der Waals surface area (Å²) >= 11 is 0. The Labute approximate surface area is 283 Å². The number of nitrogens with one attached hydrogen (secondary N) is 1. The minimum atomic E-state index is -0.153. The molecule has 0 fully saturated rings. The highest BCUT2D eigenvalue weighted by Gasteiger charge is 2.30. The molecule has 1 N–H and O–H groups in total. The Bertz CT molecular complexity index is 2320. The molecule has 0 spiro atoms. The van der Waals surface area contributed by atoms with Crippen LogP contribution in [0.15, 0.2) is 158 Å². The second-order valence-corrected chi connectivity index (χ2v) is 13.2. The van der Waals surface area contributed by atoms with Gasteiger partial charge in [0.05, 0.1) is 5.54 Å². The first-order chi connectivity index (χ1) is 23.7. The van der Waals surface area contributed by atoms with Crippen LogP contribution in [0.4, 0.5) is 5.69 Å². The molecule has 0 atom stereocenters. The summed E-state index contributed by atoms with van der Waals surface area (Å²) in [4.78, 5) is 0. The third-order valence-electron chi connectivity index (χ3n) is 10.2. The summed E-state index contributed by atoms with van der Waals surface area (Å²) in [7, 11) is 0. The highest BCUT2D eigenvalue weighted by atomic mass is 15.0. The standard InChI is InChI=1S/C47H41N/c1-3-29-47(30-4-2,38-25-21-34(22-26-38)46-41-17-9-6-13-35(41)31-36-14-7-10-18-42(36)46)48-39-27-23-33(24-28-39)45-32-37-15-5-8-16-40(37)43-19-11-12-20-44(43)45/h5-28,31-32,48H,3-4,29-30H2,1-2H3. The van der Waals surface area contributed by atoms with E-state index in [4.69, 9.17) is 0 Å². The Hall–Kier alpha value is -5.40. The van der Waals surface area contributed by atoms with Crippen molar-refractivity contribution < 1.29 is 0 Å². The molecule has 0 bridgehead atoms. The van der Waals surface area contributed by atoms with Crippen molar-refractivity contribution >= 4 is 48.8 Å². The van der Waals surface area contributed by atoms with Crippen molar-refractivity contribution in [2.75, 3.05) is 5.32 Å². The topological polar surface area (TPSA) is 12.0 Å². The molecule has 0 amide bonds. The first-order valence-electron chi connectivity index (χ1n) is 17.5. The van der Waals surface area contributed by atoms with Crippen LogP contribution in [0, 0.1) is 0 Å². The summed E-state index contributed by atoms with van der Waals surface area (Å²) in [6.07, 6.45) is 4.33. The van der Waals surface area contributed by atoms with Crippen molar-refractivity contribution in [3.05, 3.63) is 163 Å². The van der Waals surface area contributed by atoms with Crippen LogP contribution in [0.25, 0.3) is 65.3 Å². The van der Waals surface area contributed by atoms with E-state index in [1.807, 2.05) is 0 Å². The Morgan fingerprint density at radius 2 is 0.917 bits per heavy atom. The minimum absolute atomic E-state index is 0.153. The molecule has 8 aromatic carbocycles. The molecule has 0 saturated heterocycles. The predicted molar refractivity (Wildman–Crippen MR) is 209 cm³/mol. The van der Waals surface area contributed by atoms with Gasteiger partial charge in [-0.25, -0.2) is 0 Å². The van der Waals surface area contributed by atoms with E-state index in [0.717, 1.165) is 31.4 Å². The Kier molecular flexibility index (Phi) is 7.90. The second kappa shape index (κ2) is 12.7. The summed E-state index contributed by atoms with van der Waals surface area (Å²) in [5, 5.41) is 14.4. The number of rotatable bonds is 9. The van der Waals surface area contributed by atoms with Crippen LogP contribution in [0.5, 0.6) is 0 Å². The molecule has 0 unspecified atom stereocenters. The molecule has 1 heteroatoms. The van der Waals surface area contributed by atoms with Crippen LogP contribution >= 0.6 is 0 Å². The van der Waals surface area contributed by atoms with E-state index in [1.54, 1.807) is 0 Å². The lowest BCUT2D eigenvalue weighted by Gasteiger charge is -2.37. The van der Waals surface area contributed by atoms with E-state index in [-0.39, 0.29) is 5.54 Å². The van der Waals surface area contributed by atoms with E-state index < -0.39 is 0 Å². The zero-order chi connectivity index (χ0) is 32.5. The third-order valence-corrected chi connectivity index (χ3v) is 10.2. The molecule has 0 saturated carbocycles. The van der Waals surface area contributed by atoms with E-state index in [1.165, 1.54) is 70.9 Å². The summed E-state index contributed by atoms with van der Waals surface area (Å²) in [5.41, 5.74) is 7.46. The number of fused-ring (bicyclic) bond motifs is 5. The molecule has 0 aliphatic rings. The fourth-order valence-corrected chi connectivity index (χ4v) is 8.05. The molecule has 0 heterocycles. The maximum atomic E-state index is 4.07. The molecule has 234 valence electrons. The average Bonchev–Trinajstić information content (AvgIpc) is 3.14. The van der Waals surface area contributed by atoms with Gasteiger partial charge in [0.15, 0.2) is 0 Å². The molecule has 8 rings (SSSR count). The van der Waals surface area contributed by atoms with Gasteiger partial charge in [0.1, 0.15) is 0 Å². The number of hydrogen-bond donors (Lipinski definition) is 1. The highest BCUT2D eigenvalue weighted by molar-refractivity contribution is 6.14. The van der Waals surface area contributed by atoms with Gasteiger partial charge in [-0.3, -0.25) is 0 Å². The summed E-state index contributed by atoms with van der Waals surface area (Å²) in [5.74, 6) is 0. The molecular weight excluding hydrogens is 579 g/mol. The van der Waals surface area contributed by atoms with E-state index >= 15 is 0 Å². The summed E-state index contributed by atoms with van der Waals surface area (Å²) < 4.78 is 0. The van der Waals surface area contributed by atoms with Gasteiger partial charge in [0.25, 0.3) is 0 Å². The zero-order valence-corrected chi connectivity index (χ0v) is 27.8. The lowest BCUT2D eigenvalue weighted by molar-refractivity contribution is 0.406. The van der Waals surface area contributed by atoms with Crippen LogP contribution in [0.2, 0.25) is 0 Å². The van der Waals surface area contributed by atoms with Crippen molar-refractivity contribution in [3.8, 4) is 22.3 Å². The summed E-state index contributed by atoms with van der Waals surface area (Å²) in [6.45, 7) is 4.60. The maximum Gasteiger partial charge on any atom is 0.0625 e. The molecule has 0 aromatic heterocycles. The van der Waals surface area contributed by atoms with Gasteiger partial charge in [-0.2, -0.15) is 0 Å². The van der Waals surface area contributed by atoms with Crippen LogP contribution in [-0.4, -0.2) is 0 Å². The largest absolute Gasteiger partial charge is 0.376 e. The van der Waals surface area contributed by atoms with Gasteiger partial charge in [-0.05, 0) is 108 Å². The minimum Gasteiger partial charge on any atom is -0.376 e. The fourth-order valence-electron chi connectivity index (χ4n) is 8.05. The Morgan fingerprint density at radius 1 is 0.438 bits per heavy atom. The van der Waals surface area contributed by atoms with Crippen molar-refractivity contribution in [1.82, 2.24) is 0 Å². The maximum absolute atomic E-state index is 4.07. The third kappa shape index (κ3) is 5.30. The fraction of sp³-hybridized carbons (Fsp3) is 0.149. The normalized spacial score (nSPS) is 11.9. The predicted octanol–water partition coefficient (Wildman–Crippen LogP) is 13.5. The number of anilines is 1. The van der Waals surface area contributed by atoms with Crippen molar-refractivity contribution in [3.63, 3.8) is 0 Å². The van der Waals surface area contributed by atoms with Crippen LogP contribution in [0.1, 0.15) is 45.1 Å². The molecule has 8 aromatic rings. The monoisotopic (exact) mass is 619 g/mol. The van der Waals surface area contributed by atoms with E-state index in [9.17, 15) is 0 Å². The molecule has 0 aliphatic heterocycles. The molecule has 0 aliphatic carbocycles. The first-order valence-corrected chi connectivity index (χ1v) is 17.5. The highest BCUT2D eigenvalue weighted by Crippen LogP contribution is 2.41. The lowest BCUT2D eigenvalue weighted by Crippen LogP contribution is -2.35. The van der Waals surface area contributed by atoms with E-state index in [0.29, 0.717) is 0 Å². The van der Waals surface area contributed by atoms with Gasteiger partial charge in [-0.15, -0.1) is 0 Å². The molecular formula is C47H41N. The SMILES string of the molecule is CCCC(CCC)(Nc1ccc(-c2cc3ccccc3c3ccccc23)cc1)c1ccc(-c2c3ccccc3cc3ccccc23)cc1. The molecule has 0 radical (unpaired) electrons. The first kappa shape index (κ1) is 30.0. The Balaban J connectivity index is 1.16. The van der Waals surface area contributed by atoms with Gasteiger partial charge < -0.3 is 5.32 Å². The zero-order valence-electron chi connectivity index (χ0n) is 27.8. The molecule has 1 nitrogen and oxygen atoms in total. The summed E-state index contributed by atoms with van der Waals surface area (Å²) in [6, 6.07) is 58.3. The smallest absolute Gasteiger partial charge is 0.0625 e. The average molecular weight is 620 g/mol. The van der Waals surface area contributed by atoms with Crippen LogP contribution in [0.3, 0.4) is 0 Å². The van der Waals surface area contributed by atoms with Gasteiger partial charge >= 0.3 is 0 Å². The van der Waals surface area contributed by atoms with Gasteiger partial charge in [0, 0.05) is 5.69 Å². The quantitative estimate of drug-likeness (QED) is 0.125. The van der Waals surface area contributed by atoms with Gasteiger partial charge in [-0.1, -0.05) is 160 Å². The number of hydrogen-bond acceptors (Lipinski definition) is 1. The van der Waals surface area contributed by atoms with Crippen LogP contribution in [-0.2, 0) is 5.54 Å². The van der Waals surface area contributed by atoms with Crippen molar-refractivity contribution in [2.24, 2.45) is 0 Å². The second-order valence-electron chi connectivity index (χ2n) is 13.2. The lowest BCUT2D eigenvalue weighted by atomic mass is 9.80. The number of benzene rings is 8. The van der Waals surface area contributed by atoms with Crippen molar-refractivity contribution in [1.29, 1.82) is 0 Å². The van der Waals surface area contributed by atoms with Gasteiger partial charge in [0.2, 0.25) is 0 Å². The van der Waals surface area contributed by atoms with E-state index in [2.05, 4.69) is 177 Å². The van der Waals surface area contributed by atoms with Crippen molar-refractivity contribution in [2.45, 2.75) is 45.1 Å².